The molecule has 1 atom stereocenters. The second-order valence-corrected chi connectivity index (χ2v) is 5.75. The van der Waals surface area contributed by atoms with E-state index >= 15 is 0 Å². The molecule has 2 heterocycles. The van der Waals surface area contributed by atoms with Gasteiger partial charge in [0.15, 0.2) is 0 Å². The SMILES string of the molecule is CNC1(Cc2nc(C3COCCO3)no2)CCCCC1. The fourth-order valence-corrected chi connectivity index (χ4v) is 3.14. The van der Waals surface area contributed by atoms with Crippen LogP contribution in [0, 0.1) is 0 Å². The van der Waals surface area contributed by atoms with Gasteiger partial charge in [0.25, 0.3) is 0 Å². The van der Waals surface area contributed by atoms with Crippen molar-refractivity contribution >= 4 is 0 Å². The highest BCUT2D eigenvalue weighted by atomic mass is 16.6. The molecule has 2 aliphatic rings. The molecule has 112 valence electrons. The molecule has 2 fully saturated rings. The fraction of sp³-hybridized carbons (Fsp3) is 0.857. The summed E-state index contributed by atoms with van der Waals surface area (Å²) in [7, 11) is 2.03. The van der Waals surface area contributed by atoms with Gasteiger partial charge in [-0.2, -0.15) is 4.98 Å². The molecule has 1 saturated heterocycles. The minimum Gasteiger partial charge on any atom is -0.376 e. The molecule has 0 bridgehead atoms. The summed E-state index contributed by atoms with van der Waals surface area (Å²) < 4.78 is 16.4. The van der Waals surface area contributed by atoms with E-state index in [-0.39, 0.29) is 11.6 Å². The van der Waals surface area contributed by atoms with Crippen LogP contribution in [0.4, 0.5) is 0 Å². The van der Waals surface area contributed by atoms with Crippen LogP contribution in [-0.2, 0) is 15.9 Å². The maximum atomic E-state index is 5.59. The van der Waals surface area contributed by atoms with Crippen molar-refractivity contribution in [3.8, 4) is 0 Å². The van der Waals surface area contributed by atoms with E-state index in [2.05, 4.69) is 15.5 Å². The predicted molar refractivity (Wildman–Crippen MR) is 72.4 cm³/mol. The van der Waals surface area contributed by atoms with E-state index in [1.165, 1.54) is 32.1 Å². The van der Waals surface area contributed by atoms with Gasteiger partial charge in [-0.15, -0.1) is 0 Å². The molecule has 0 spiro atoms. The highest BCUT2D eigenvalue weighted by Gasteiger charge is 2.33. The van der Waals surface area contributed by atoms with Crippen molar-refractivity contribution in [2.45, 2.75) is 50.2 Å². The number of rotatable bonds is 4. The van der Waals surface area contributed by atoms with Gasteiger partial charge in [-0.3, -0.25) is 0 Å². The van der Waals surface area contributed by atoms with Crippen molar-refractivity contribution in [3.05, 3.63) is 11.7 Å². The van der Waals surface area contributed by atoms with Crippen molar-refractivity contribution < 1.29 is 14.0 Å². The van der Waals surface area contributed by atoms with Crippen LogP contribution in [0.3, 0.4) is 0 Å². The van der Waals surface area contributed by atoms with Gasteiger partial charge in [0, 0.05) is 12.0 Å². The highest BCUT2D eigenvalue weighted by Crippen LogP contribution is 2.31. The van der Waals surface area contributed by atoms with Crippen LogP contribution < -0.4 is 5.32 Å². The Balaban J connectivity index is 1.66. The van der Waals surface area contributed by atoms with Crippen LogP contribution in [0.15, 0.2) is 4.52 Å². The summed E-state index contributed by atoms with van der Waals surface area (Å²) in [5.74, 6) is 1.31. The van der Waals surface area contributed by atoms with Crippen LogP contribution in [0.5, 0.6) is 0 Å². The normalized spacial score (nSPS) is 26.6. The molecule has 1 aliphatic heterocycles. The van der Waals surface area contributed by atoms with Crippen molar-refractivity contribution in [2.75, 3.05) is 26.9 Å². The van der Waals surface area contributed by atoms with E-state index in [0.29, 0.717) is 31.5 Å². The molecule has 1 unspecified atom stereocenters. The van der Waals surface area contributed by atoms with Crippen LogP contribution in [0.1, 0.15) is 49.9 Å². The number of aromatic nitrogens is 2. The molecule has 1 aromatic heterocycles. The summed E-state index contributed by atoms with van der Waals surface area (Å²) in [6, 6.07) is 0. The first-order valence-corrected chi connectivity index (χ1v) is 7.52. The molecular formula is C14H23N3O3. The minimum atomic E-state index is -0.182. The Hall–Kier alpha value is -0.980. The van der Waals surface area contributed by atoms with Crippen LogP contribution in [0.25, 0.3) is 0 Å². The van der Waals surface area contributed by atoms with E-state index in [1.807, 2.05) is 7.05 Å². The standard InChI is InChI=1S/C14H23N3O3/c1-15-14(5-3-2-4-6-14)9-12-16-13(17-20-12)11-10-18-7-8-19-11/h11,15H,2-10H2,1H3. The fourth-order valence-electron chi connectivity index (χ4n) is 3.14. The van der Waals surface area contributed by atoms with Crippen LogP contribution in [-0.4, -0.2) is 42.5 Å². The Morgan fingerprint density at radius 3 is 2.80 bits per heavy atom. The lowest BCUT2D eigenvalue weighted by Gasteiger charge is -2.36. The number of nitrogens with one attached hydrogen (secondary N) is 1. The molecule has 1 aromatic rings. The molecule has 6 heteroatoms. The topological polar surface area (TPSA) is 69.4 Å². The molecule has 6 nitrogen and oxygen atoms in total. The highest BCUT2D eigenvalue weighted by molar-refractivity contribution is 5.00. The molecule has 0 radical (unpaired) electrons. The third-order valence-corrected chi connectivity index (χ3v) is 4.42. The lowest BCUT2D eigenvalue weighted by Crippen LogP contribution is -2.46. The van der Waals surface area contributed by atoms with Gasteiger partial charge in [-0.25, -0.2) is 0 Å². The van der Waals surface area contributed by atoms with E-state index in [0.717, 1.165) is 6.42 Å². The maximum Gasteiger partial charge on any atom is 0.228 e. The first-order chi connectivity index (χ1) is 9.81. The van der Waals surface area contributed by atoms with Crippen molar-refractivity contribution in [1.29, 1.82) is 0 Å². The number of nitrogens with zero attached hydrogens (tertiary/aromatic N) is 2. The lowest BCUT2D eigenvalue weighted by molar-refractivity contribution is -0.0941. The number of hydrogen-bond donors (Lipinski definition) is 1. The van der Waals surface area contributed by atoms with E-state index in [4.69, 9.17) is 14.0 Å². The van der Waals surface area contributed by atoms with Crippen molar-refractivity contribution in [1.82, 2.24) is 15.5 Å². The lowest BCUT2D eigenvalue weighted by atomic mass is 9.79. The average molecular weight is 281 g/mol. The molecule has 3 rings (SSSR count). The summed E-state index contributed by atoms with van der Waals surface area (Å²) >= 11 is 0. The molecule has 0 aromatic carbocycles. The predicted octanol–water partition coefficient (Wildman–Crippen LogP) is 1.62. The minimum absolute atomic E-state index is 0.117. The summed E-state index contributed by atoms with van der Waals surface area (Å²) in [6.45, 7) is 1.75. The van der Waals surface area contributed by atoms with Gasteiger partial charge in [0.05, 0.1) is 19.8 Å². The first-order valence-electron chi connectivity index (χ1n) is 7.52. The monoisotopic (exact) mass is 281 g/mol. The molecule has 1 N–H and O–H groups in total. The second-order valence-electron chi connectivity index (χ2n) is 5.75. The Kier molecular flexibility index (Phi) is 4.33. The van der Waals surface area contributed by atoms with Crippen LogP contribution in [0.2, 0.25) is 0 Å². The molecule has 20 heavy (non-hydrogen) atoms. The number of likely N-dealkylation sites (N-methyl/N-ethyl adjacent to an activating group) is 1. The summed E-state index contributed by atoms with van der Waals surface area (Å²) in [5.41, 5.74) is 0.117. The third-order valence-electron chi connectivity index (χ3n) is 4.42. The quantitative estimate of drug-likeness (QED) is 0.904. The van der Waals surface area contributed by atoms with Crippen molar-refractivity contribution in [3.63, 3.8) is 0 Å². The van der Waals surface area contributed by atoms with Gasteiger partial charge in [0.2, 0.25) is 11.7 Å². The van der Waals surface area contributed by atoms with E-state index in [9.17, 15) is 0 Å². The van der Waals surface area contributed by atoms with E-state index in [1.54, 1.807) is 0 Å². The van der Waals surface area contributed by atoms with Gasteiger partial charge < -0.3 is 19.3 Å². The smallest absolute Gasteiger partial charge is 0.228 e. The molecule has 0 amide bonds. The second kappa shape index (κ2) is 6.20. The number of ether oxygens (including phenoxy) is 2. The zero-order chi connectivity index (χ0) is 13.8. The third kappa shape index (κ3) is 3.02. The molecular weight excluding hydrogens is 258 g/mol. The summed E-state index contributed by atoms with van der Waals surface area (Å²) in [4.78, 5) is 4.50. The van der Waals surface area contributed by atoms with Crippen molar-refractivity contribution in [2.24, 2.45) is 0 Å². The number of hydrogen-bond acceptors (Lipinski definition) is 6. The Morgan fingerprint density at radius 1 is 1.25 bits per heavy atom. The zero-order valence-corrected chi connectivity index (χ0v) is 12.1. The Labute approximate surface area is 119 Å². The van der Waals surface area contributed by atoms with Gasteiger partial charge in [-0.1, -0.05) is 24.4 Å². The molecule has 1 saturated carbocycles. The maximum absolute atomic E-state index is 5.59. The zero-order valence-electron chi connectivity index (χ0n) is 12.1. The molecule has 1 aliphatic carbocycles. The average Bonchev–Trinajstić information content (AvgIpc) is 2.97. The Morgan fingerprint density at radius 2 is 2.10 bits per heavy atom. The van der Waals surface area contributed by atoms with Gasteiger partial charge >= 0.3 is 0 Å². The van der Waals surface area contributed by atoms with Gasteiger partial charge in [-0.05, 0) is 19.9 Å². The van der Waals surface area contributed by atoms with Crippen LogP contribution >= 0.6 is 0 Å². The van der Waals surface area contributed by atoms with E-state index < -0.39 is 0 Å². The first kappa shape index (κ1) is 14.0. The summed E-state index contributed by atoms with van der Waals surface area (Å²) in [6.07, 6.45) is 6.81. The largest absolute Gasteiger partial charge is 0.376 e. The Bertz CT molecular complexity index is 423. The summed E-state index contributed by atoms with van der Waals surface area (Å²) in [5, 5.41) is 7.52. The van der Waals surface area contributed by atoms with Gasteiger partial charge in [0.1, 0.15) is 6.10 Å².